The summed E-state index contributed by atoms with van der Waals surface area (Å²) in [7, 11) is 0. The molecule has 0 aliphatic carbocycles. The van der Waals surface area contributed by atoms with E-state index in [-0.39, 0.29) is 48.4 Å². The fourth-order valence-electron chi connectivity index (χ4n) is 0.516. The molecule has 0 rings (SSSR count). The van der Waals surface area contributed by atoms with Gasteiger partial charge in [-0.25, -0.2) is 9.59 Å². The largest absolute Gasteiger partial charge is 0.147 e. The fourth-order valence-corrected chi connectivity index (χ4v) is 0.516. The molecule has 0 atom stereocenters. The molecule has 0 aliphatic heterocycles. The van der Waals surface area contributed by atoms with Crippen LogP contribution in [0.5, 0.6) is 0 Å². The molecular weight excluding hydrogens is 426 g/mol. The maximum absolute atomic E-state index is 9.87. The first kappa shape index (κ1) is 38.5. The molecule has 0 fully saturated rings. The van der Waals surface area contributed by atoms with Crippen molar-refractivity contribution in [3.8, 4) is 0 Å². The third kappa shape index (κ3) is 37.3. The van der Waals surface area contributed by atoms with Crippen LogP contribution in [0.1, 0.15) is 19.8 Å². The standard InChI is InChI=1S/2C5H6O4.C2H5.3ClH.Ti/c2*1-3(5(8)9)2-4(6)7;1-2;;;;/h2*1-2H2,(H,6,7)(H,8,9);1H2,2H3;3*1H;. The van der Waals surface area contributed by atoms with Gasteiger partial charge in [-0.1, -0.05) is 13.2 Å². The SMILES string of the molecule is C=C(CC(=O)O)C(=O)O.C=C(CC(=O)O)C(=O)O.C[CH2][Ti].Cl.Cl.Cl. The van der Waals surface area contributed by atoms with Gasteiger partial charge in [-0.3, -0.25) is 9.59 Å². The van der Waals surface area contributed by atoms with Gasteiger partial charge in [-0.15, -0.1) is 37.2 Å². The van der Waals surface area contributed by atoms with Gasteiger partial charge in [0.1, 0.15) is 0 Å². The number of carboxylic acid groups (broad SMARTS) is 4. The van der Waals surface area contributed by atoms with Gasteiger partial charge in [0.2, 0.25) is 0 Å². The fraction of sp³-hybridized carbons (Fsp3) is 0.333. The third-order valence-corrected chi connectivity index (χ3v) is 1.33. The van der Waals surface area contributed by atoms with E-state index in [2.05, 4.69) is 40.5 Å². The van der Waals surface area contributed by atoms with Crippen molar-refractivity contribution in [2.75, 3.05) is 0 Å². The second kappa shape index (κ2) is 24.2. The molecule has 24 heavy (non-hydrogen) atoms. The molecule has 0 aromatic rings. The predicted molar refractivity (Wildman–Crippen MR) is 90.3 cm³/mol. The van der Waals surface area contributed by atoms with Crippen molar-refractivity contribution in [2.45, 2.75) is 24.5 Å². The van der Waals surface area contributed by atoms with E-state index in [0.717, 1.165) is 0 Å². The second-order valence-electron chi connectivity index (χ2n) is 3.31. The van der Waals surface area contributed by atoms with Crippen molar-refractivity contribution in [3.63, 3.8) is 0 Å². The number of rotatable bonds is 6. The molecule has 12 heteroatoms. The summed E-state index contributed by atoms with van der Waals surface area (Å²) < 4.78 is 1.25. The number of hydrogen-bond acceptors (Lipinski definition) is 4. The van der Waals surface area contributed by atoms with Crippen molar-refractivity contribution < 1.29 is 60.0 Å². The number of carbonyl (C=O) groups is 4. The van der Waals surface area contributed by atoms with Crippen LogP contribution >= 0.6 is 37.2 Å². The molecule has 141 valence electrons. The summed E-state index contributed by atoms with van der Waals surface area (Å²) >= 11 is 2.12. The monoisotopic (exact) mass is 445 g/mol. The normalized spacial score (nSPS) is 7.00. The van der Waals surface area contributed by atoms with E-state index >= 15 is 0 Å². The van der Waals surface area contributed by atoms with E-state index in [1.807, 2.05) is 0 Å². The zero-order chi connectivity index (χ0) is 17.6. The Hall–Kier alpha value is -1.06. The molecule has 0 saturated carbocycles. The zero-order valence-electron chi connectivity index (χ0n) is 12.7. The Morgan fingerprint density at radius 1 is 0.750 bits per heavy atom. The van der Waals surface area contributed by atoms with E-state index < -0.39 is 36.7 Å². The molecule has 0 spiro atoms. The smallest absolute Gasteiger partial charge is 0.147 e. The van der Waals surface area contributed by atoms with Crippen LogP contribution in [-0.4, -0.2) is 44.3 Å². The van der Waals surface area contributed by atoms with Crippen LogP contribution in [0, 0.1) is 0 Å². The van der Waals surface area contributed by atoms with Crippen LogP contribution in [0.25, 0.3) is 0 Å². The molecule has 0 aliphatic rings. The van der Waals surface area contributed by atoms with Crippen molar-refractivity contribution >= 4 is 61.1 Å². The minimum atomic E-state index is -1.27. The van der Waals surface area contributed by atoms with Crippen molar-refractivity contribution in [1.29, 1.82) is 0 Å². The molecule has 0 unspecified atom stereocenters. The number of aliphatic carboxylic acids is 4. The van der Waals surface area contributed by atoms with Crippen molar-refractivity contribution in [1.82, 2.24) is 0 Å². The number of carboxylic acids is 4. The molecule has 8 nitrogen and oxygen atoms in total. The third-order valence-electron chi connectivity index (χ3n) is 1.33. The zero-order valence-corrected chi connectivity index (χ0v) is 16.7. The van der Waals surface area contributed by atoms with Gasteiger partial charge in [-0.05, 0) is 0 Å². The van der Waals surface area contributed by atoms with Gasteiger partial charge in [0.15, 0.2) is 0 Å². The Labute approximate surface area is 169 Å². The minimum absolute atomic E-state index is 0. The van der Waals surface area contributed by atoms with Gasteiger partial charge in [0, 0.05) is 11.1 Å². The van der Waals surface area contributed by atoms with Gasteiger partial charge < -0.3 is 20.4 Å². The molecule has 4 N–H and O–H groups in total. The van der Waals surface area contributed by atoms with E-state index in [1.165, 1.54) is 4.73 Å². The van der Waals surface area contributed by atoms with Crippen LogP contribution < -0.4 is 0 Å². The number of hydrogen-bond donors (Lipinski definition) is 4. The summed E-state index contributed by atoms with van der Waals surface area (Å²) in [6, 6.07) is 0. The van der Waals surface area contributed by atoms with Crippen molar-refractivity contribution in [2.24, 2.45) is 0 Å². The molecule has 0 saturated heterocycles. The van der Waals surface area contributed by atoms with E-state index in [1.54, 1.807) is 0 Å². The summed E-state index contributed by atoms with van der Waals surface area (Å²) in [5, 5.41) is 32.2. The first-order valence-corrected chi connectivity index (χ1v) is 6.50. The van der Waals surface area contributed by atoms with E-state index in [4.69, 9.17) is 20.4 Å². The number of halogens is 3. The first-order chi connectivity index (χ1) is 9.49. The topological polar surface area (TPSA) is 149 Å². The molecule has 0 aromatic carbocycles. The summed E-state index contributed by atoms with van der Waals surface area (Å²) in [4.78, 5) is 39.3. The van der Waals surface area contributed by atoms with Gasteiger partial charge in [0.05, 0.1) is 12.8 Å². The Morgan fingerprint density at radius 3 is 0.958 bits per heavy atom. The van der Waals surface area contributed by atoms with E-state index in [0.29, 0.717) is 0 Å². The Bertz CT molecular complexity index is 389. The van der Waals surface area contributed by atoms with Crippen molar-refractivity contribution in [3.05, 3.63) is 24.3 Å². The van der Waals surface area contributed by atoms with Gasteiger partial charge in [0.25, 0.3) is 0 Å². The summed E-state index contributed by atoms with van der Waals surface area (Å²) in [5.74, 6) is -4.89. The van der Waals surface area contributed by atoms with Crippen LogP contribution in [0.15, 0.2) is 24.3 Å². The predicted octanol–water partition coefficient (Wildman–Crippen LogP) is 2.44. The van der Waals surface area contributed by atoms with Crippen LogP contribution in [0.2, 0.25) is 4.73 Å². The summed E-state index contributed by atoms with van der Waals surface area (Å²) in [5.41, 5.74) is -0.606. The van der Waals surface area contributed by atoms with E-state index in [9.17, 15) is 19.2 Å². The Kier molecular flexibility index (Phi) is 38.8. The molecule has 0 amide bonds. The quantitative estimate of drug-likeness (QED) is 0.359. The summed E-state index contributed by atoms with van der Waals surface area (Å²) in [6.07, 6.45) is -1.01. The second-order valence-corrected chi connectivity index (χ2v) is 4.42. The van der Waals surface area contributed by atoms with Crippen LogP contribution in [-0.2, 0) is 39.6 Å². The molecular formula is C12H20Cl3O8Ti. The van der Waals surface area contributed by atoms with Crippen LogP contribution in [0.3, 0.4) is 0 Å². The maximum Gasteiger partial charge on any atom is -0.147 e. The van der Waals surface area contributed by atoms with Crippen LogP contribution in [0.4, 0.5) is 0 Å². The molecule has 0 aromatic heterocycles. The molecule has 0 bridgehead atoms. The average molecular weight is 447 g/mol. The van der Waals surface area contributed by atoms with Gasteiger partial charge in [-0.2, -0.15) is 0 Å². The Morgan fingerprint density at radius 2 is 0.917 bits per heavy atom. The van der Waals surface area contributed by atoms with Gasteiger partial charge >= 0.3 is 56.0 Å². The Balaban J connectivity index is -0.0000000523. The molecule has 0 heterocycles. The minimum Gasteiger partial charge on any atom is -0.147 e. The summed E-state index contributed by atoms with van der Waals surface area (Å²) in [6.45, 7) is 8.15. The average Bonchev–Trinajstić information content (AvgIpc) is 2.28. The first-order valence-electron chi connectivity index (χ1n) is 5.39. The maximum atomic E-state index is 9.87. The molecule has 0 radical (unpaired) electrons.